The van der Waals surface area contributed by atoms with E-state index in [1.165, 1.54) is 0 Å². The van der Waals surface area contributed by atoms with Crippen molar-refractivity contribution in [2.75, 3.05) is 0 Å². The van der Waals surface area contributed by atoms with Gasteiger partial charge in [0.15, 0.2) is 5.78 Å². The van der Waals surface area contributed by atoms with Gasteiger partial charge in [-0.2, -0.15) is 0 Å². The maximum Gasteiger partial charge on any atom is 0.188 e. The predicted octanol–water partition coefficient (Wildman–Crippen LogP) is 3.51. The van der Waals surface area contributed by atoms with E-state index in [1.807, 2.05) is 32.1 Å². The molecule has 1 nitrogen and oxygen atoms in total. The second kappa shape index (κ2) is 5.01. The Hall–Kier alpha value is -1.02. The van der Waals surface area contributed by atoms with Crippen molar-refractivity contribution in [2.24, 2.45) is 0 Å². The Bertz CT molecular complexity index is 349. The summed E-state index contributed by atoms with van der Waals surface area (Å²) in [5, 5.41) is 0. The van der Waals surface area contributed by atoms with Gasteiger partial charge in [-0.15, -0.1) is 12.6 Å². The summed E-state index contributed by atoms with van der Waals surface area (Å²) in [5.41, 5.74) is 1.53. The highest BCUT2D eigenvalue weighted by Gasteiger charge is 2.06. The molecule has 0 saturated heterocycles. The molecule has 0 N–H and O–H groups in total. The summed E-state index contributed by atoms with van der Waals surface area (Å²) in [6.07, 6.45) is 2.83. The van der Waals surface area contributed by atoms with Gasteiger partial charge in [-0.05, 0) is 43.2 Å². The highest BCUT2D eigenvalue weighted by atomic mass is 32.1. The first-order valence-corrected chi connectivity index (χ1v) is 5.10. The Morgan fingerprint density at radius 2 is 1.93 bits per heavy atom. The summed E-state index contributed by atoms with van der Waals surface area (Å²) in [4.78, 5) is 12.6. The van der Waals surface area contributed by atoms with Crippen molar-refractivity contribution in [2.45, 2.75) is 25.2 Å². The van der Waals surface area contributed by atoms with Gasteiger partial charge in [0, 0.05) is 10.5 Å². The van der Waals surface area contributed by atoms with E-state index in [0.29, 0.717) is 0 Å². The van der Waals surface area contributed by atoms with Crippen molar-refractivity contribution in [3.8, 4) is 0 Å². The number of hydrogen-bond donors (Lipinski definition) is 1. The molecule has 14 heavy (non-hydrogen) atoms. The largest absolute Gasteiger partial charge is 0.289 e. The molecule has 0 aliphatic rings. The third-order valence-corrected chi connectivity index (χ3v) is 2.30. The highest BCUT2D eigenvalue weighted by Crippen LogP contribution is 2.12. The average molecular weight is 206 g/mol. The van der Waals surface area contributed by atoms with E-state index >= 15 is 0 Å². The summed E-state index contributed by atoms with van der Waals surface area (Å²) in [5.74, 6) is 0.0974. The fraction of sp³-hybridized carbons (Fsp3) is 0.250. The molecule has 0 aliphatic carbocycles. The lowest BCUT2D eigenvalue weighted by molar-refractivity contribution is 0.103. The van der Waals surface area contributed by atoms with Crippen molar-refractivity contribution in [1.29, 1.82) is 0 Å². The quantitative estimate of drug-likeness (QED) is 0.455. The van der Waals surface area contributed by atoms with Crippen LogP contribution in [0.5, 0.6) is 0 Å². The Morgan fingerprint density at radius 3 is 2.43 bits per heavy atom. The third-order valence-electron chi connectivity index (χ3n) is 2.00. The minimum Gasteiger partial charge on any atom is -0.289 e. The summed E-state index contributed by atoms with van der Waals surface area (Å²) in [6, 6.07) is 7.26. The second-order valence-corrected chi connectivity index (χ2v) is 3.69. The molecule has 2 heteroatoms. The van der Waals surface area contributed by atoms with Gasteiger partial charge in [-0.25, -0.2) is 0 Å². The van der Waals surface area contributed by atoms with Crippen LogP contribution >= 0.6 is 12.6 Å². The zero-order chi connectivity index (χ0) is 10.6. The lowest BCUT2D eigenvalue weighted by Gasteiger charge is -2.00. The summed E-state index contributed by atoms with van der Waals surface area (Å²) in [6.45, 7) is 3.87. The zero-order valence-electron chi connectivity index (χ0n) is 8.45. The fourth-order valence-corrected chi connectivity index (χ4v) is 1.39. The number of carbonyl (C=O) groups is 1. The van der Waals surface area contributed by atoms with Gasteiger partial charge >= 0.3 is 0 Å². The molecule has 0 atom stereocenters. The first kappa shape index (κ1) is 11.1. The molecule has 1 aromatic rings. The van der Waals surface area contributed by atoms with Crippen molar-refractivity contribution in [3.63, 3.8) is 0 Å². The van der Waals surface area contributed by atoms with Crippen molar-refractivity contribution in [3.05, 3.63) is 41.5 Å². The number of Topliss-reactive ketones (excluding diaryl/α,β-unsaturated/α-hetero) is 1. The van der Waals surface area contributed by atoms with Crippen LogP contribution in [0.3, 0.4) is 0 Å². The lowest BCUT2D eigenvalue weighted by Crippen LogP contribution is -1.99. The molecule has 0 unspecified atom stereocenters. The van der Waals surface area contributed by atoms with Gasteiger partial charge in [-0.3, -0.25) is 4.79 Å². The number of carbonyl (C=O) groups excluding carboxylic acids is 1. The number of ketones is 1. The second-order valence-electron chi connectivity index (χ2n) is 3.17. The molecule has 0 heterocycles. The topological polar surface area (TPSA) is 17.1 Å². The summed E-state index contributed by atoms with van der Waals surface area (Å²) in [7, 11) is 0. The van der Waals surface area contributed by atoms with E-state index in [9.17, 15) is 4.79 Å². The number of hydrogen-bond acceptors (Lipinski definition) is 2. The van der Waals surface area contributed by atoms with Crippen LogP contribution in [0.4, 0.5) is 0 Å². The number of allylic oxidation sites excluding steroid dienone is 2. The van der Waals surface area contributed by atoms with Crippen LogP contribution in [-0.4, -0.2) is 5.78 Å². The van der Waals surface area contributed by atoms with E-state index in [4.69, 9.17) is 0 Å². The van der Waals surface area contributed by atoms with E-state index in [-0.39, 0.29) is 5.78 Å². The van der Waals surface area contributed by atoms with Crippen LogP contribution in [0.2, 0.25) is 0 Å². The maximum atomic E-state index is 11.8. The molecular weight excluding hydrogens is 192 g/mol. The standard InChI is InChI=1S/C12H14OS/c1-3-4-9(2)12(13)10-5-7-11(14)8-6-10/h4-8,14H,3H2,1-2H3/b9-4-. The molecule has 0 bridgehead atoms. The fourth-order valence-electron chi connectivity index (χ4n) is 1.24. The summed E-state index contributed by atoms with van der Waals surface area (Å²) < 4.78 is 0. The highest BCUT2D eigenvalue weighted by molar-refractivity contribution is 7.80. The average Bonchev–Trinajstić information content (AvgIpc) is 2.18. The minimum absolute atomic E-state index is 0.0974. The van der Waals surface area contributed by atoms with E-state index < -0.39 is 0 Å². The molecule has 0 amide bonds. The Balaban J connectivity index is 2.90. The van der Waals surface area contributed by atoms with Gasteiger partial charge in [0.2, 0.25) is 0 Å². The maximum absolute atomic E-state index is 11.8. The van der Waals surface area contributed by atoms with Gasteiger partial charge in [0.05, 0.1) is 0 Å². The third kappa shape index (κ3) is 2.74. The summed E-state index contributed by atoms with van der Waals surface area (Å²) >= 11 is 4.17. The Morgan fingerprint density at radius 1 is 1.36 bits per heavy atom. The van der Waals surface area contributed by atoms with Crippen molar-refractivity contribution in [1.82, 2.24) is 0 Å². The van der Waals surface area contributed by atoms with E-state index in [2.05, 4.69) is 12.6 Å². The van der Waals surface area contributed by atoms with Crippen LogP contribution in [-0.2, 0) is 0 Å². The minimum atomic E-state index is 0.0974. The molecule has 1 aromatic carbocycles. The van der Waals surface area contributed by atoms with Gasteiger partial charge in [0.25, 0.3) is 0 Å². The first-order chi connectivity index (χ1) is 6.65. The SMILES string of the molecule is CC/C=C(/C)C(=O)c1ccc(S)cc1. The molecular formula is C12H14OS. The predicted molar refractivity (Wildman–Crippen MR) is 62.1 cm³/mol. The van der Waals surface area contributed by atoms with Gasteiger partial charge < -0.3 is 0 Å². The number of benzene rings is 1. The zero-order valence-corrected chi connectivity index (χ0v) is 9.34. The number of rotatable bonds is 3. The van der Waals surface area contributed by atoms with Crippen molar-refractivity contribution < 1.29 is 4.79 Å². The van der Waals surface area contributed by atoms with Crippen LogP contribution in [0.15, 0.2) is 40.8 Å². The molecule has 0 fully saturated rings. The first-order valence-electron chi connectivity index (χ1n) is 4.65. The van der Waals surface area contributed by atoms with E-state index in [1.54, 1.807) is 12.1 Å². The van der Waals surface area contributed by atoms with Gasteiger partial charge in [-0.1, -0.05) is 13.0 Å². The van der Waals surface area contributed by atoms with Crippen LogP contribution in [0.1, 0.15) is 30.6 Å². The monoisotopic (exact) mass is 206 g/mol. The molecule has 0 spiro atoms. The Labute approximate surface area is 90.2 Å². The van der Waals surface area contributed by atoms with Crippen LogP contribution < -0.4 is 0 Å². The molecule has 0 aliphatic heterocycles. The molecule has 0 saturated carbocycles. The molecule has 0 aromatic heterocycles. The van der Waals surface area contributed by atoms with Crippen LogP contribution in [0, 0.1) is 0 Å². The van der Waals surface area contributed by atoms with Crippen molar-refractivity contribution >= 4 is 18.4 Å². The lowest BCUT2D eigenvalue weighted by atomic mass is 10.0. The smallest absolute Gasteiger partial charge is 0.188 e. The molecule has 1 rings (SSSR count). The van der Waals surface area contributed by atoms with Crippen LogP contribution in [0.25, 0.3) is 0 Å². The van der Waals surface area contributed by atoms with E-state index in [0.717, 1.165) is 22.5 Å². The number of thiol groups is 1. The molecule has 0 radical (unpaired) electrons. The van der Waals surface area contributed by atoms with Gasteiger partial charge in [0.1, 0.15) is 0 Å². The molecule has 74 valence electrons. The Kier molecular flexibility index (Phi) is 3.96. The normalized spacial score (nSPS) is 11.5.